The molecule has 12 heavy (non-hydrogen) atoms. The predicted molar refractivity (Wildman–Crippen MR) is 45.5 cm³/mol. The summed E-state index contributed by atoms with van der Waals surface area (Å²) in [5.41, 5.74) is 0. The van der Waals surface area contributed by atoms with E-state index < -0.39 is 0 Å². The number of rotatable bonds is 0. The smallest absolute Gasteiger partial charge is 0.309 e. The summed E-state index contributed by atoms with van der Waals surface area (Å²) in [6.07, 6.45) is 2.43. The minimum Gasteiger partial charge on any atom is -0.465 e. The largest absolute Gasteiger partial charge is 0.465 e. The van der Waals surface area contributed by atoms with E-state index in [1.807, 2.05) is 0 Å². The number of hydrogen-bond donors (Lipinski definition) is 0. The first kappa shape index (κ1) is 8.09. The van der Waals surface area contributed by atoms with Crippen LogP contribution < -0.4 is 0 Å². The Hall–Kier alpha value is -0.530. The molecule has 1 saturated carbocycles. The lowest BCUT2D eigenvalue weighted by Crippen LogP contribution is -2.37. The second-order valence-electron chi connectivity index (χ2n) is 4.35. The molecule has 2 heteroatoms. The van der Waals surface area contributed by atoms with Crippen molar-refractivity contribution in [2.75, 3.05) is 6.61 Å². The molecule has 0 N–H and O–H groups in total. The number of hydrogen-bond acceptors (Lipinski definition) is 2. The van der Waals surface area contributed by atoms with E-state index in [-0.39, 0.29) is 11.9 Å². The van der Waals surface area contributed by atoms with Gasteiger partial charge in [0.25, 0.3) is 0 Å². The van der Waals surface area contributed by atoms with Crippen LogP contribution in [-0.2, 0) is 9.53 Å². The molecule has 2 aliphatic rings. The van der Waals surface area contributed by atoms with Crippen LogP contribution in [-0.4, -0.2) is 12.6 Å². The molecule has 0 amide bonds. The predicted octanol–water partition coefficient (Wildman–Crippen LogP) is 1.84. The molecule has 1 aliphatic heterocycles. The maximum absolute atomic E-state index is 11.4. The fraction of sp³-hybridized carbons (Fsp3) is 0.900. The molecular formula is C10H16O2. The van der Waals surface area contributed by atoms with E-state index in [0.717, 1.165) is 0 Å². The zero-order valence-corrected chi connectivity index (χ0v) is 7.75. The third kappa shape index (κ3) is 1.05. The van der Waals surface area contributed by atoms with Gasteiger partial charge in [-0.3, -0.25) is 4.79 Å². The summed E-state index contributed by atoms with van der Waals surface area (Å²) < 4.78 is 5.14. The maximum atomic E-state index is 11.4. The molecule has 1 aliphatic carbocycles. The monoisotopic (exact) mass is 168 g/mol. The Morgan fingerprint density at radius 3 is 2.67 bits per heavy atom. The number of fused-ring (bicyclic) bond motifs is 1. The highest BCUT2D eigenvalue weighted by atomic mass is 16.5. The van der Waals surface area contributed by atoms with Gasteiger partial charge in [0.15, 0.2) is 0 Å². The van der Waals surface area contributed by atoms with E-state index in [0.29, 0.717) is 24.4 Å². The lowest BCUT2D eigenvalue weighted by molar-refractivity contribution is -0.160. The van der Waals surface area contributed by atoms with Gasteiger partial charge in [0, 0.05) is 0 Å². The van der Waals surface area contributed by atoms with Crippen LogP contribution in [0, 0.1) is 23.7 Å². The topological polar surface area (TPSA) is 26.3 Å². The van der Waals surface area contributed by atoms with Crippen molar-refractivity contribution >= 4 is 5.97 Å². The van der Waals surface area contributed by atoms with Gasteiger partial charge < -0.3 is 4.74 Å². The van der Waals surface area contributed by atoms with E-state index in [1.165, 1.54) is 12.8 Å². The van der Waals surface area contributed by atoms with Gasteiger partial charge >= 0.3 is 5.97 Å². The zero-order chi connectivity index (χ0) is 8.72. The van der Waals surface area contributed by atoms with Crippen molar-refractivity contribution in [3.05, 3.63) is 0 Å². The lowest BCUT2D eigenvalue weighted by atomic mass is 9.81. The molecule has 2 nitrogen and oxygen atoms in total. The second kappa shape index (κ2) is 2.75. The average molecular weight is 168 g/mol. The summed E-state index contributed by atoms with van der Waals surface area (Å²) in [6.45, 7) is 5.01. The third-order valence-corrected chi connectivity index (χ3v) is 3.52. The number of cyclic esters (lactones) is 1. The molecule has 1 saturated heterocycles. The van der Waals surface area contributed by atoms with Crippen molar-refractivity contribution in [2.45, 2.75) is 26.7 Å². The van der Waals surface area contributed by atoms with Gasteiger partial charge in [-0.05, 0) is 30.6 Å². The van der Waals surface area contributed by atoms with E-state index in [4.69, 9.17) is 4.74 Å². The molecule has 1 heterocycles. The fourth-order valence-corrected chi connectivity index (χ4v) is 2.72. The van der Waals surface area contributed by atoms with Crippen molar-refractivity contribution in [3.8, 4) is 0 Å². The summed E-state index contributed by atoms with van der Waals surface area (Å²) in [4.78, 5) is 11.4. The van der Waals surface area contributed by atoms with Gasteiger partial charge in [-0.25, -0.2) is 0 Å². The van der Waals surface area contributed by atoms with E-state index in [2.05, 4.69) is 13.8 Å². The molecule has 4 atom stereocenters. The molecule has 0 radical (unpaired) electrons. The molecule has 0 aromatic carbocycles. The van der Waals surface area contributed by atoms with E-state index in [1.54, 1.807) is 0 Å². The number of esters is 1. The summed E-state index contributed by atoms with van der Waals surface area (Å²) in [6, 6.07) is 0. The van der Waals surface area contributed by atoms with Gasteiger partial charge in [0.1, 0.15) is 0 Å². The summed E-state index contributed by atoms with van der Waals surface area (Å²) in [5.74, 6) is 2.01. The Balaban J connectivity index is 2.18. The standard InChI is InChI=1S/C10H16O2/c1-6-3-4-8-7(2)5-12-10(11)9(6)8/h6-9H,3-5H2,1-2H3/t6?,7-,8?,9?/m1/s1. The minimum atomic E-state index is 0.0584. The van der Waals surface area contributed by atoms with Crippen molar-refractivity contribution < 1.29 is 9.53 Å². The van der Waals surface area contributed by atoms with Crippen molar-refractivity contribution in [2.24, 2.45) is 23.7 Å². The van der Waals surface area contributed by atoms with Crippen LogP contribution in [0.25, 0.3) is 0 Å². The average Bonchev–Trinajstić information content (AvgIpc) is 2.42. The van der Waals surface area contributed by atoms with E-state index >= 15 is 0 Å². The highest BCUT2D eigenvalue weighted by Crippen LogP contribution is 2.44. The van der Waals surface area contributed by atoms with Crippen molar-refractivity contribution in [1.29, 1.82) is 0 Å². The molecule has 0 spiro atoms. The third-order valence-electron chi connectivity index (χ3n) is 3.52. The van der Waals surface area contributed by atoms with Gasteiger partial charge in [-0.15, -0.1) is 0 Å². The molecule has 2 rings (SSSR count). The maximum Gasteiger partial charge on any atom is 0.309 e. The Morgan fingerprint density at radius 2 is 2.00 bits per heavy atom. The minimum absolute atomic E-state index is 0.0584. The summed E-state index contributed by atoms with van der Waals surface area (Å²) in [5, 5.41) is 0. The quantitative estimate of drug-likeness (QED) is 0.516. The SMILES string of the molecule is CC1CCC2C1C(=O)OC[C@H]2C. The molecule has 0 aromatic rings. The summed E-state index contributed by atoms with van der Waals surface area (Å²) >= 11 is 0. The molecule has 2 fully saturated rings. The van der Waals surface area contributed by atoms with Gasteiger partial charge in [0.05, 0.1) is 12.5 Å². The highest BCUT2D eigenvalue weighted by Gasteiger charge is 2.45. The first-order valence-electron chi connectivity index (χ1n) is 4.87. The molecule has 0 aromatic heterocycles. The Kier molecular flexibility index (Phi) is 1.85. The van der Waals surface area contributed by atoms with Crippen LogP contribution in [0.1, 0.15) is 26.7 Å². The van der Waals surface area contributed by atoms with Crippen LogP contribution in [0.2, 0.25) is 0 Å². The second-order valence-corrected chi connectivity index (χ2v) is 4.35. The number of carbonyl (C=O) groups excluding carboxylic acids is 1. The Bertz CT molecular complexity index is 200. The first-order chi connectivity index (χ1) is 5.70. The summed E-state index contributed by atoms with van der Waals surface area (Å²) in [7, 11) is 0. The molecule has 3 unspecified atom stereocenters. The normalized spacial score (nSPS) is 47.0. The molecule has 0 bridgehead atoms. The van der Waals surface area contributed by atoms with Crippen LogP contribution in [0.15, 0.2) is 0 Å². The van der Waals surface area contributed by atoms with Crippen molar-refractivity contribution in [3.63, 3.8) is 0 Å². The molecule has 68 valence electrons. The highest BCUT2D eigenvalue weighted by molar-refractivity contribution is 5.74. The number of carbonyl (C=O) groups is 1. The fourth-order valence-electron chi connectivity index (χ4n) is 2.72. The lowest BCUT2D eigenvalue weighted by Gasteiger charge is -2.31. The van der Waals surface area contributed by atoms with Gasteiger partial charge in [0.2, 0.25) is 0 Å². The van der Waals surface area contributed by atoms with Crippen LogP contribution in [0.5, 0.6) is 0 Å². The zero-order valence-electron chi connectivity index (χ0n) is 7.75. The Labute approximate surface area is 73.3 Å². The number of ether oxygens (including phenoxy) is 1. The van der Waals surface area contributed by atoms with Crippen LogP contribution in [0.3, 0.4) is 0 Å². The van der Waals surface area contributed by atoms with Gasteiger partial charge in [-0.2, -0.15) is 0 Å². The molecular weight excluding hydrogens is 152 g/mol. The van der Waals surface area contributed by atoms with Gasteiger partial charge in [-0.1, -0.05) is 13.8 Å². The van der Waals surface area contributed by atoms with Crippen LogP contribution >= 0.6 is 0 Å². The first-order valence-corrected chi connectivity index (χ1v) is 4.87. The van der Waals surface area contributed by atoms with Crippen molar-refractivity contribution in [1.82, 2.24) is 0 Å². The van der Waals surface area contributed by atoms with E-state index in [9.17, 15) is 4.79 Å². The van der Waals surface area contributed by atoms with Crippen LogP contribution in [0.4, 0.5) is 0 Å². The Morgan fingerprint density at radius 1 is 1.25 bits per heavy atom.